The van der Waals surface area contributed by atoms with Crippen LogP contribution in [0.2, 0.25) is 0 Å². The lowest BCUT2D eigenvalue weighted by molar-refractivity contribution is -0.255. The second kappa shape index (κ2) is 10.1. The summed E-state index contributed by atoms with van der Waals surface area (Å²) in [5.74, 6) is -0.881. The van der Waals surface area contributed by atoms with Gasteiger partial charge < -0.3 is 20.0 Å². The standard InChI is InChI=1S/C24H23N3O4/c1-16-5-3-4-6-22(16)25-23(28)15-31-21-13-9-18(10-14-21)17(2)26-27-20-11-7-19(8-12-20)24(29)30/h3-14,27H,15H2,1-2H3,(H,25,28)(H,29,30)/p-1/b26-17-. The lowest BCUT2D eigenvalue weighted by Crippen LogP contribution is -2.21. The summed E-state index contributed by atoms with van der Waals surface area (Å²) in [7, 11) is 0. The van der Waals surface area contributed by atoms with Gasteiger partial charge in [-0.25, -0.2) is 0 Å². The number of carbonyl (C=O) groups excluding carboxylic acids is 2. The van der Waals surface area contributed by atoms with Crippen molar-refractivity contribution in [2.45, 2.75) is 13.8 Å². The normalized spacial score (nSPS) is 11.0. The van der Waals surface area contributed by atoms with E-state index in [2.05, 4.69) is 15.8 Å². The summed E-state index contributed by atoms with van der Waals surface area (Å²) in [5, 5.41) is 17.9. The maximum absolute atomic E-state index is 12.1. The Morgan fingerprint density at radius 3 is 2.23 bits per heavy atom. The van der Waals surface area contributed by atoms with Gasteiger partial charge in [-0.3, -0.25) is 10.2 Å². The van der Waals surface area contributed by atoms with Crippen molar-refractivity contribution in [3.8, 4) is 5.75 Å². The molecule has 0 fully saturated rings. The second-order valence-electron chi connectivity index (χ2n) is 6.85. The summed E-state index contributed by atoms with van der Waals surface area (Å²) < 4.78 is 5.55. The maximum Gasteiger partial charge on any atom is 0.262 e. The van der Waals surface area contributed by atoms with Gasteiger partial charge in [0.25, 0.3) is 5.91 Å². The van der Waals surface area contributed by atoms with Gasteiger partial charge in [0, 0.05) is 5.69 Å². The predicted molar refractivity (Wildman–Crippen MR) is 118 cm³/mol. The monoisotopic (exact) mass is 416 g/mol. The van der Waals surface area contributed by atoms with E-state index in [-0.39, 0.29) is 18.1 Å². The summed E-state index contributed by atoms with van der Waals surface area (Å²) in [6.07, 6.45) is 0. The van der Waals surface area contributed by atoms with E-state index < -0.39 is 5.97 Å². The van der Waals surface area contributed by atoms with E-state index in [0.29, 0.717) is 11.4 Å². The molecule has 2 N–H and O–H groups in total. The number of nitrogens with one attached hydrogen (secondary N) is 2. The lowest BCUT2D eigenvalue weighted by atomic mass is 10.1. The van der Waals surface area contributed by atoms with Crippen LogP contribution in [0.5, 0.6) is 5.75 Å². The number of ether oxygens (including phenoxy) is 1. The molecule has 0 aliphatic carbocycles. The minimum Gasteiger partial charge on any atom is -0.545 e. The highest BCUT2D eigenvalue weighted by molar-refractivity contribution is 5.99. The molecule has 3 aromatic carbocycles. The molecular formula is C24H22N3O4-. The Bertz CT molecular complexity index is 1090. The van der Waals surface area contributed by atoms with Crippen LogP contribution in [0.1, 0.15) is 28.4 Å². The number of aryl methyl sites for hydroxylation is 1. The number of hydrazone groups is 1. The van der Waals surface area contributed by atoms with Crippen LogP contribution in [0.15, 0.2) is 77.9 Å². The van der Waals surface area contributed by atoms with E-state index in [0.717, 1.165) is 22.5 Å². The van der Waals surface area contributed by atoms with E-state index in [4.69, 9.17) is 4.74 Å². The number of carboxylic acid groups (broad SMARTS) is 1. The van der Waals surface area contributed by atoms with Crippen molar-refractivity contribution in [1.82, 2.24) is 0 Å². The average Bonchev–Trinajstić information content (AvgIpc) is 2.78. The van der Waals surface area contributed by atoms with Crippen LogP contribution in [-0.2, 0) is 4.79 Å². The van der Waals surface area contributed by atoms with Crippen LogP contribution < -0.4 is 20.6 Å². The smallest absolute Gasteiger partial charge is 0.262 e. The zero-order valence-electron chi connectivity index (χ0n) is 17.2. The fourth-order valence-corrected chi connectivity index (χ4v) is 2.73. The average molecular weight is 416 g/mol. The number of hydrogen-bond donors (Lipinski definition) is 2. The number of rotatable bonds is 8. The molecule has 0 spiro atoms. The van der Waals surface area contributed by atoms with E-state index in [1.54, 1.807) is 24.3 Å². The highest BCUT2D eigenvalue weighted by atomic mass is 16.5. The fourth-order valence-electron chi connectivity index (χ4n) is 2.73. The zero-order valence-corrected chi connectivity index (χ0v) is 17.2. The van der Waals surface area contributed by atoms with Crippen LogP contribution in [-0.4, -0.2) is 24.2 Å². The van der Waals surface area contributed by atoms with Gasteiger partial charge in [-0.05, 0) is 73.0 Å². The molecule has 0 bridgehead atoms. The SMILES string of the molecule is C/C(=N/Nc1ccc(C(=O)[O-])cc1)c1ccc(OCC(=O)Nc2ccccc2C)cc1. The minimum absolute atomic E-state index is 0.0931. The van der Waals surface area contributed by atoms with Crippen molar-refractivity contribution in [2.75, 3.05) is 17.3 Å². The molecule has 0 aliphatic rings. The minimum atomic E-state index is -1.22. The van der Waals surface area contributed by atoms with Gasteiger partial charge in [0.05, 0.1) is 17.4 Å². The van der Waals surface area contributed by atoms with Crippen LogP contribution in [0.25, 0.3) is 0 Å². The Labute approximate surface area is 180 Å². The molecule has 0 aromatic heterocycles. The van der Waals surface area contributed by atoms with E-state index in [9.17, 15) is 14.7 Å². The van der Waals surface area contributed by atoms with Crippen molar-refractivity contribution >= 4 is 29.0 Å². The largest absolute Gasteiger partial charge is 0.545 e. The van der Waals surface area contributed by atoms with Crippen LogP contribution in [0.4, 0.5) is 11.4 Å². The van der Waals surface area contributed by atoms with Gasteiger partial charge in [-0.2, -0.15) is 5.10 Å². The Hall–Kier alpha value is -4.13. The molecule has 1 amide bonds. The number of carboxylic acids is 1. The van der Waals surface area contributed by atoms with Gasteiger partial charge >= 0.3 is 0 Å². The van der Waals surface area contributed by atoms with Gasteiger partial charge in [-0.15, -0.1) is 0 Å². The Morgan fingerprint density at radius 1 is 0.935 bits per heavy atom. The second-order valence-corrected chi connectivity index (χ2v) is 6.85. The lowest BCUT2D eigenvalue weighted by Gasteiger charge is -2.10. The van der Waals surface area contributed by atoms with Crippen molar-refractivity contribution in [3.05, 3.63) is 89.5 Å². The summed E-state index contributed by atoms with van der Waals surface area (Å²) in [6, 6.07) is 20.9. The molecule has 7 nitrogen and oxygen atoms in total. The van der Waals surface area contributed by atoms with Crippen molar-refractivity contribution < 1.29 is 19.4 Å². The van der Waals surface area contributed by atoms with Crippen molar-refractivity contribution in [2.24, 2.45) is 5.10 Å². The third-order valence-electron chi connectivity index (χ3n) is 4.53. The Balaban J connectivity index is 1.52. The van der Waals surface area contributed by atoms with Crippen molar-refractivity contribution in [1.29, 1.82) is 0 Å². The van der Waals surface area contributed by atoms with Crippen molar-refractivity contribution in [3.63, 3.8) is 0 Å². The Morgan fingerprint density at radius 2 is 1.58 bits per heavy atom. The van der Waals surface area contributed by atoms with Gasteiger partial charge in [-0.1, -0.05) is 30.3 Å². The molecule has 0 radical (unpaired) electrons. The highest BCUT2D eigenvalue weighted by Crippen LogP contribution is 2.15. The molecule has 0 unspecified atom stereocenters. The molecule has 0 saturated heterocycles. The third-order valence-corrected chi connectivity index (χ3v) is 4.53. The predicted octanol–water partition coefficient (Wildman–Crippen LogP) is 3.21. The Kier molecular flexibility index (Phi) is 7.01. The van der Waals surface area contributed by atoms with Crippen LogP contribution in [0, 0.1) is 6.92 Å². The van der Waals surface area contributed by atoms with Gasteiger partial charge in [0.1, 0.15) is 5.75 Å². The number of para-hydroxylation sites is 1. The first kappa shape index (κ1) is 21.6. The topological polar surface area (TPSA) is 103 Å². The molecule has 7 heteroatoms. The highest BCUT2D eigenvalue weighted by Gasteiger charge is 2.06. The van der Waals surface area contributed by atoms with Gasteiger partial charge in [0.15, 0.2) is 6.61 Å². The zero-order chi connectivity index (χ0) is 22.2. The molecule has 31 heavy (non-hydrogen) atoms. The summed E-state index contributed by atoms with van der Waals surface area (Å²) >= 11 is 0. The molecule has 3 rings (SSSR count). The molecule has 0 heterocycles. The number of amides is 1. The number of nitrogens with zero attached hydrogens (tertiary/aromatic N) is 1. The molecule has 158 valence electrons. The molecule has 0 aliphatic heterocycles. The summed E-state index contributed by atoms with van der Waals surface area (Å²) in [4.78, 5) is 22.9. The van der Waals surface area contributed by atoms with E-state index in [1.807, 2.05) is 50.2 Å². The van der Waals surface area contributed by atoms with Gasteiger partial charge in [0.2, 0.25) is 0 Å². The summed E-state index contributed by atoms with van der Waals surface area (Å²) in [5.41, 5.74) is 6.99. The molecule has 0 atom stereocenters. The first-order valence-corrected chi connectivity index (χ1v) is 9.63. The third kappa shape index (κ3) is 6.17. The quantitative estimate of drug-likeness (QED) is 0.434. The number of anilines is 2. The number of hydrogen-bond acceptors (Lipinski definition) is 6. The van der Waals surface area contributed by atoms with E-state index in [1.165, 1.54) is 12.1 Å². The summed E-state index contributed by atoms with van der Waals surface area (Å²) in [6.45, 7) is 3.68. The van der Waals surface area contributed by atoms with E-state index >= 15 is 0 Å². The van der Waals surface area contributed by atoms with Crippen LogP contribution >= 0.6 is 0 Å². The maximum atomic E-state index is 12.1. The molecular weight excluding hydrogens is 394 g/mol. The number of carbonyl (C=O) groups is 2. The fraction of sp³-hybridized carbons (Fsp3) is 0.125. The molecule has 0 saturated carbocycles. The molecule has 3 aromatic rings. The first-order valence-electron chi connectivity index (χ1n) is 9.63. The number of benzene rings is 3. The van der Waals surface area contributed by atoms with Crippen LogP contribution in [0.3, 0.4) is 0 Å². The number of aromatic carboxylic acids is 1. The first-order chi connectivity index (χ1) is 14.9.